The maximum absolute atomic E-state index is 8.51. The Balaban J connectivity index is 3.93. The summed E-state index contributed by atoms with van der Waals surface area (Å²) < 4.78 is 0. The van der Waals surface area contributed by atoms with Crippen molar-refractivity contribution in [2.75, 3.05) is 6.61 Å². The number of hydrogen-bond donors (Lipinski definition) is 1. The molecule has 0 aromatic carbocycles. The lowest BCUT2D eigenvalue weighted by Crippen LogP contribution is -1.83. The third kappa shape index (κ3) is 3.25. The van der Waals surface area contributed by atoms with Gasteiger partial charge >= 0.3 is 0 Å². The Morgan fingerprint density at radius 2 is 2.20 bits per heavy atom. The molecular weight excluding hydrogens is 124 g/mol. The van der Waals surface area contributed by atoms with E-state index in [9.17, 15) is 0 Å². The average Bonchev–Trinajstić information content (AvgIpc) is 1.89. The normalized spacial score (nSPS) is 11.2. The minimum absolute atomic E-state index is 0.0853. The molecule has 0 spiro atoms. The van der Waals surface area contributed by atoms with Gasteiger partial charge in [0, 0.05) is 0 Å². The van der Waals surface area contributed by atoms with E-state index < -0.39 is 0 Å². The van der Waals surface area contributed by atoms with Gasteiger partial charge in [-0.05, 0) is 24.5 Å². The Kier molecular flexibility index (Phi) is 4.59. The van der Waals surface area contributed by atoms with Crippen LogP contribution in [0.2, 0.25) is 0 Å². The molecule has 0 bridgehead atoms. The summed E-state index contributed by atoms with van der Waals surface area (Å²) in [5.74, 6) is 0. The molecular formula is C9H14O. The highest BCUT2D eigenvalue weighted by Crippen LogP contribution is 2.10. The van der Waals surface area contributed by atoms with Crippen LogP contribution in [0.3, 0.4) is 0 Å². The van der Waals surface area contributed by atoms with Gasteiger partial charge in [-0.3, -0.25) is 0 Å². The molecule has 0 aliphatic carbocycles. The molecule has 0 saturated carbocycles. The van der Waals surface area contributed by atoms with Crippen LogP contribution >= 0.6 is 0 Å². The molecule has 1 heteroatoms. The highest BCUT2D eigenvalue weighted by atomic mass is 16.2. The summed E-state index contributed by atoms with van der Waals surface area (Å²) >= 11 is 0. The monoisotopic (exact) mass is 138 g/mol. The largest absolute Gasteiger partial charge is 0.392 e. The second-order valence-corrected chi connectivity index (χ2v) is 2.17. The third-order valence-corrected chi connectivity index (χ3v) is 1.35. The number of aliphatic hydroxyl groups excluding tert-OH is 1. The molecule has 0 rings (SSSR count). The first-order valence-electron chi connectivity index (χ1n) is 3.29. The Morgan fingerprint density at radius 1 is 1.60 bits per heavy atom. The molecule has 10 heavy (non-hydrogen) atoms. The van der Waals surface area contributed by atoms with Crippen LogP contribution in [0.25, 0.3) is 0 Å². The lowest BCUT2D eigenvalue weighted by atomic mass is 10.1. The minimum atomic E-state index is 0.0853. The van der Waals surface area contributed by atoms with E-state index in [1.807, 2.05) is 6.92 Å². The zero-order chi connectivity index (χ0) is 7.98. The van der Waals surface area contributed by atoms with Crippen LogP contribution in [0.1, 0.15) is 13.3 Å². The fourth-order valence-electron chi connectivity index (χ4n) is 0.616. The summed E-state index contributed by atoms with van der Waals surface area (Å²) in [4.78, 5) is 0. The van der Waals surface area contributed by atoms with Gasteiger partial charge in [0.15, 0.2) is 0 Å². The van der Waals surface area contributed by atoms with Gasteiger partial charge in [0.05, 0.1) is 6.61 Å². The highest BCUT2D eigenvalue weighted by Gasteiger charge is 1.91. The smallest absolute Gasteiger partial charge is 0.0618 e. The zero-order valence-corrected chi connectivity index (χ0v) is 6.43. The van der Waals surface area contributed by atoms with Crippen LogP contribution in [-0.4, -0.2) is 11.7 Å². The molecule has 0 atom stereocenters. The number of rotatable bonds is 4. The summed E-state index contributed by atoms with van der Waals surface area (Å²) in [6, 6.07) is 0. The van der Waals surface area contributed by atoms with E-state index in [-0.39, 0.29) is 6.61 Å². The summed E-state index contributed by atoms with van der Waals surface area (Å²) in [5.41, 5.74) is 2.06. The molecule has 0 saturated heterocycles. The predicted molar refractivity (Wildman–Crippen MR) is 44.8 cm³/mol. The van der Waals surface area contributed by atoms with Crippen molar-refractivity contribution in [3.05, 3.63) is 36.5 Å². The van der Waals surface area contributed by atoms with E-state index in [0.717, 1.165) is 17.6 Å². The maximum atomic E-state index is 8.51. The van der Waals surface area contributed by atoms with E-state index in [1.54, 1.807) is 12.2 Å². The van der Waals surface area contributed by atoms with Gasteiger partial charge in [0.2, 0.25) is 0 Å². The van der Waals surface area contributed by atoms with E-state index in [1.165, 1.54) is 0 Å². The lowest BCUT2D eigenvalue weighted by molar-refractivity contribution is 0.342. The summed E-state index contributed by atoms with van der Waals surface area (Å²) in [6.45, 7) is 9.42. The van der Waals surface area contributed by atoms with Crippen molar-refractivity contribution in [1.82, 2.24) is 0 Å². The topological polar surface area (TPSA) is 20.2 Å². The predicted octanol–water partition coefficient (Wildman–Crippen LogP) is 2.06. The zero-order valence-electron chi connectivity index (χ0n) is 6.43. The molecule has 0 fully saturated rings. The summed E-state index contributed by atoms with van der Waals surface area (Å²) in [6.07, 6.45) is 4.34. The van der Waals surface area contributed by atoms with Crippen molar-refractivity contribution >= 4 is 0 Å². The van der Waals surface area contributed by atoms with Crippen LogP contribution in [0.4, 0.5) is 0 Å². The molecule has 0 unspecified atom stereocenters. The third-order valence-electron chi connectivity index (χ3n) is 1.35. The molecule has 0 heterocycles. The van der Waals surface area contributed by atoms with Crippen molar-refractivity contribution in [1.29, 1.82) is 0 Å². The van der Waals surface area contributed by atoms with Gasteiger partial charge in [-0.25, -0.2) is 0 Å². The van der Waals surface area contributed by atoms with Gasteiger partial charge in [-0.15, -0.1) is 6.58 Å². The molecule has 1 N–H and O–H groups in total. The minimum Gasteiger partial charge on any atom is -0.392 e. The number of allylic oxidation sites excluding steroid dienone is 3. The molecule has 56 valence electrons. The molecule has 0 aliphatic heterocycles. The van der Waals surface area contributed by atoms with Gasteiger partial charge < -0.3 is 5.11 Å². The second kappa shape index (κ2) is 5.00. The standard InChI is InChI=1S/C9H14O/c1-4-5-8(2)9(3)6-7-10/h4,6,10H,1-2,5,7H2,3H3/b9-6-. The summed E-state index contributed by atoms with van der Waals surface area (Å²) in [7, 11) is 0. The van der Waals surface area contributed by atoms with Crippen LogP contribution in [0, 0.1) is 0 Å². The highest BCUT2D eigenvalue weighted by molar-refractivity contribution is 5.27. The SMILES string of the molecule is C=CCC(=C)/C(C)=C\CO. The molecule has 0 aromatic heterocycles. The van der Waals surface area contributed by atoms with Crippen molar-refractivity contribution in [2.45, 2.75) is 13.3 Å². The van der Waals surface area contributed by atoms with Crippen molar-refractivity contribution in [3.8, 4) is 0 Å². The second-order valence-electron chi connectivity index (χ2n) is 2.17. The lowest BCUT2D eigenvalue weighted by Gasteiger charge is -2.00. The van der Waals surface area contributed by atoms with E-state index >= 15 is 0 Å². The Labute approximate surface area is 62.4 Å². The van der Waals surface area contributed by atoms with E-state index in [0.29, 0.717) is 0 Å². The molecule has 0 amide bonds. The Hall–Kier alpha value is -0.820. The van der Waals surface area contributed by atoms with Crippen molar-refractivity contribution in [3.63, 3.8) is 0 Å². The van der Waals surface area contributed by atoms with Crippen LogP contribution in [-0.2, 0) is 0 Å². The van der Waals surface area contributed by atoms with Crippen LogP contribution < -0.4 is 0 Å². The molecule has 0 radical (unpaired) electrons. The Morgan fingerprint density at radius 3 is 2.60 bits per heavy atom. The molecule has 1 nitrogen and oxygen atoms in total. The first kappa shape index (κ1) is 9.18. The maximum Gasteiger partial charge on any atom is 0.0618 e. The molecule has 0 aliphatic rings. The first-order chi connectivity index (χ1) is 4.72. The van der Waals surface area contributed by atoms with Gasteiger partial charge in [-0.1, -0.05) is 18.7 Å². The number of aliphatic hydroxyl groups is 1. The fourth-order valence-corrected chi connectivity index (χ4v) is 0.616. The van der Waals surface area contributed by atoms with Gasteiger partial charge in [0.1, 0.15) is 0 Å². The summed E-state index contributed by atoms with van der Waals surface area (Å²) in [5, 5.41) is 8.51. The van der Waals surface area contributed by atoms with E-state index in [4.69, 9.17) is 5.11 Å². The van der Waals surface area contributed by atoms with E-state index in [2.05, 4.69) is 13.2 Å². The average molecular weight is 138 g/mol. The first-order valence-corrected chi connectivity index (χ1v) is 3.29. The number of hydrogen-bond acceptors (Lipinski definition) is 1. The van der Waals surface area contributed by atoms with Crippen LogP contribution in [0.5, 0.6) is 0 Å². The van der Waals surface area contributed by atoms with Crippen LogP contribution in [0.15, 0.2) is 36.5 Å². The molecule has 0 aromatic rings. The van der Waals surface area contributed by atoms with Crippen molar-refractivity contribution in [2.24, 2.45) is 0 Å². The Bertz CT molecular complexity index is 154. The quantitative estimate of drug-likeness (QED) is 0.465. The van der Waals surface area contributed by atoms with Gasteiger partial charge in [-0.2, -0.15) is 0 Å². The van der Waals surface area contributed by atoms with Gasteiger partial charge in [0.25, 0.3) is 0 Å². The fraction of sp³-hybridized carbons (Fsp3) is 0.333. The van der Waals surface area contributed by atoms with Crippen molar-refractivity contribution < 1.29 is 5.11 Å².